The second-order valence-corrected chi connectivity index (χ2v) is 5.82. The van der Waals surface area contributed by atoms with Crippen LogP contribution in [0.5, 0.6) is 5.75 Å². The van der Waals surface area contributed by atoms with Gasteiger partial charge in [-0.25, -0.2) is 0 Å². The lowest BCUT2D eigenvalue weighted by molar-refractivity contribution is 0.418. The third kappa shape index (κ3) is 2.39. The highest BCUT2D eigenvalue weighted by Gasteiger charge is 2.23. The number of ether oxygens (including phenoxy) is 1. The van der Waals surface area contributed by atoms with Gasteiger partial charge in [0.15, 0.2) is 5.75 Å². The Morgan fingerprint density at radius 2 is 2.22 bits per heavy atom. The van der Waals surface area contributed by atoms with Crippen molar-refractivity contribution in [2.24, 2.45) is 5.92 Å². The number of thiophene rings is 1. The third-order valence-corrected chi connectivity index (χ3v) is 4.64. The van der Waals surface area contributed by atoms with Crippen LogP contribution in [0.15, 0.2) is 0 Å². The Kier molecular flexibility index (Phi) is 3.97. The monoisotopic (exact) mass is 265 g/mol. The predicted octanol–water partition coefficient (Wildman–Crippen LogP) is 2.84. The van der Waals surface area contributed by atoms with Crippen LogP contribution in [-0.2, 0) is 0 Å². The van der Waals surface area contributed by atoms with Crippen LogP contribution in [0.1, 0.15) is 31.1 Å². The molecule has 1 aliphatic heterocycles. The fraction of sp³-hybridized carbons (Fsp3) is 0.615. The predicted molar refractivity (Wildman–Crippen MR) is 75.2 cm³/mol. The fourth-order valence-corrected chi connectivity index (χ4v) is 3.41. The summed E-state index contributed by atoms with van der Waals surface area (Å²) in [6.45, 7) is 4.33. The molecule has 0 bridgehead atoms. The molecule has 98 valence electrons. The highest BCUT2D eigenvalue weighted by molar-refractivity contribution is 7.17. The highest BCUT2D eigenvalue weighted by Crippen LogP contribution is 2.45. The van der Waals surface area contributed by atoms with E-state index in [2.05, 4.69) is 17.9 Å². The zero-order valence-electron chi connectivity index (χ0n) is 10.9. The van der Waals surface area contributed by atoms with Crippen molar-refractivity contribution in [3.8, 4) is 11.8 Å². The molecule has 18 heavy (non-hydrogen) atoms. The van der Waals surface area contributed by atoms with Crippen LogP contribution in [0.2, 0.25) is 0 Å². The van der Waals surface area contributed by atoms with E-state index in [1.54, 1.807) is 7.11 Å². The molecule has 0 spiro atoms. The number of rotatable bonds is 2. The summed E-state index contributed by atoms with van der Waals surface area (Å²) >= 11 is 1.44. The van der Waals surface area contributed by atoms with E-state index in [1.165, 1.54) is 30.6 Å². The van der Waals surface area contributed by atoms with E-state index < -0.39 is 0 Å². The first-order valence-corrected chi connectivity index (χ1v) is 7.10. The summed E-state index contributed by atoms with van der Waals surface area (Å²) < 4.78 is 5.37. The summed E-state index contributed by atoms with van der Waals surface area (Å²) in [7, 11) is 1.61. The molecule has 1 unspecified atom stereocenters. The van der Waals surface area contributed by atoms with Crippen molar-refractivity contribution >= 4 is 22.0 Å². The van der Waals surface area contributed by atoms with Crippen LogP contribution < -0.4 is 15.4 Å². The maximum absolute atomic E-state index is 9.05. The molecule has 5 heteroatoms. The van der Waals surface area contributed by atoms with Crippen LogP contribution in [0.3, 0.4) is 0 Å². The van der Waals surface area contributed by atoms with Gasteiger partial charge in [-0.1, -0.05) is 6.92 Å². The molecule has 2 heterocycles. The van der Waals surface area contributed by atoms with E-state index in [4.69, 9.17) is 15.7 Å². The summed E-state index contributed by atoms with van der Waals surface area (Å²) in [4.78, 5) is 2.86. The summed E-state index contributed by atoms with van der Waals surface area (Å²) in [5.74, 6) is 1.44. The summed E-state index contributed by atoms with van der Waals surface area (Å²) in [5, 5.41) is 10.1. The van der Waals surface area contributed by atoms with Gasteiger partial charge in [-0.15, -0.1) is 11.3 Å². The van der Waals surface area contributed by atoms with Crippen molar-refractivity contribution in [1.29, 1.82) is 5.26 Å². The minimum absolute atomic E-state index is 0.484. The molecule has 2 rings (SSSR count). The largest absolute Gasteiger partial charge is 0.492 e. The number of hydrogen-bond acceptors (Lipinski definition) is 5. The molecule has 1 fully saturated rings. The number of methoxy groups -OCH3 is 1. The standard InChI is InChI=1S/C13H19N3OS/c1-9-4-3-6-16(7-5-9)13-12(17-2)11(15)10(8-14)18-13/h9H,3-7,15H2,1-2H3. The molecule has 0 amide bonds. The minimum Gasteiger partial charge on any atom is -0.492 e. The number of nitrogens with zero attached hydrogens (tertiary/aromatic N) is 2. The lowest BCUT2D eigenvalue weighted by Gasteiger charge is -2.21. The lowest BCUT2D eigenvalue weighted by atomic mass is 10.0. The first-order chi connectivity index (χ1) is 8.67. The molecule has 0 radical (unpaired) electrons. The van der Waals surface area contributed by atoms with Crippen molar-refractivity contribution in [2.75, 3.05) is 30.8 Å². The van der Waals surface area contributed by atoms with Gasteiger partial charge in [-0.3, -0.25) is 0 Å². The van der Waals surface area contributed by atoms with Crippen LogP contribution in [0.4, 0.5) is 10.7 Å². The molecule has 1 atom stereocenters. The molecule has 4 nitrogen and oxygen atoms in total. The van der Waals surface area contributed by atoms with Crippen LogP contribution >= 0.6 is 11.3 Å². The second kappa shape index (κ2) is 5.49. The Hall–Kier alpha value is -1.41. The van der Waals surface area contributed by atoms with E-state index >= 15 is 0 Å². The van der Waals surface area contributed by atoms with Gasteiger partial charge in [0, 0.05) is 13.1 Å². The van der Waals surface area contributed by atoms with Crippen molar-refractivity contribution in [3.63, 3.8) is 0 Å². The van der Waals surface area contributed by atoms with Crippen LogP contribution in [0, 0.1) is 17.2 Å². The van der Waals surface area contributed by atoms with Crippen molar-refractivity contribution in [3.05, 3.63) is 4.88 Å². The Bertz CT molecular complexity index is 464. The molecular weight excluding hydrogens is 246 g/mol. The minimum atomic E-state index is 0.484. The third-order valence-electron chi connectivity index (χ3n) is 3.49. The quantitative estimate of drug-likeness (QED) is 0.893. The van der Waals surface area contributed by atoms with E-state index in [9.17, 15) is 0 Å². The average Bonchev–Trinajstić information content (AvgIpc) is 2.54. The van der Waals surface area contributed by atoms with Gasteiger partial charge in [0.1, 0.15) is 21.6 Å². The number of nitrogen functional groups attached to an aromatic ring is 1. The average molecular weight is 265 g/mol. The van der Waals surface area contributed by atoms with E-state index in [0.717, 1.165) is 24.0 Å². The van der Waals surface area contributed by atoms with Gasteiger partial charge in [0.2, 0.25) is 0 Å². The molecule has 0 saturated carbocycles. The van der Waals surface area contributed by atoms with E-state index in [1.807, 2.05) is 0 Å². The molecule has 2 N–H and O–H groups in total. The van der Waals surface area contributed by atoms with Crippen molar-refractivity contribution in [1.82, 2.24) is 0 Å². The Morgan fingerprint density at radius 3 is 2.89 bits per heavy atom. The summed E-state index contributed by atoms with van der Waals surface area (Å²) in [6, 6.07) is 2.14. The van der Waals surface area contributed by atoms with Crippen LogP contribution in [0.25, 0.3) is 0 Å². The van der Waals surface area contributed by atoms with Gasteiger partial charge >= 0.3 is 0 Å². The Morgan fingerprint density at radius 1 is 1.44 bits per heavy atom. The highest BCUT2D eigenvalue weighted by atomic mass is 32.1. The SMILES string of the molecule is COc1c(N2CCCC(C)CC2)sc(C#N)c1N. The van der Waals surface area contributed by atoms with Gasteiger partial charge in [-0.2, -0.15) is 5.26 Å². The second-order valence-electron chi connectivity index (χ2n) is 4.82. The number of hydrogen-bond donors (Lipinski definition) is 1. The van der Waals surface area contributed by atoms with Gasteiger partial charge < -0.3 is 15.4 Å². The first-order valence-electron chi connectivity index (χ1n) is 6.28. The fourth-order valence-electron chi connectivity index (χ4n) is 2.37. The first kappa shape index (κ1) is 13.0. The number of nitrogens with two attached hydrogens (primary N) is 1. The normalized spacial score (nSPS) is 20.3. The number of anilines is 2. The van der Waals surface area contributed by atoms with E-state index in [0.29, 0.717) is 16.3 Å². The van der Waals surface area contributed by atoms with Crippen molar-refractivity contribution < 1.29 is 4.74 Å². The van der Waals surface area contributed by atoms with Gasteiger partial charge in [-0.05, 0) is 25.2 Å². The summed E-state index contributed by atoms with van der Waals surface area (Å²) in [5.41, 5.74) is 6.42. The van der Waals surface area contributed by atoms with Crippen molar-refractivity contribution in [2.45, 2.75) is 26.2 Å². The molecule has 0 aliphatic carbocycles. The molecule has 1 aliphatic rings. The molecule has 0 aromatic carbocycles. The smallest absolute Gasteiger partial charge is 0.177 e. The Balaban J connectivity index is 2.29. The topological polar surface area (TPSA) is 62.3 Å². The van der Waals surface area contributed by atoms with Gasteiger partial charge in [0.05, 0.1) is 7.11 Å². The maximum Gasteiger partial charge on any atom is 0.177 e. The van der Waals surface area contributed by atoms with Gasteiger partial charge in [0.25, 0.3) is 0 Å². The molecular formula is C13H19N3OS. The Labute approximate surface area is 112 Å². The maximum atomic E-state index is 9.05. The molecule has 1 aromatic rings. The number of nitriles is 1. The molecule has 1 aromatic heterocycles. The zero-order chi connectivity index (χ0) is 13.1. The van der Waals surface area contributed by atoms with Crippen LogP contribution in [-0.4, -0.2) is 20.2 Å². The molecule has 1 saturated heterocycles. The lowest BCUT2D eigenvalue weighted by Crippen LogP contribution is -2.23. The summed E-state index contributed by atoms with van der Waals surface area (Å²) in [6.07, 6.45) is 3.64. The van der Waals surface area contributed by atoms with E-state index in [-0.39, 0.29) is 0 Å². The zero-order valence-corrected chi connectivity index (χ0v) is 11.7.